The minimum Gasteiger partial charge on any atom is -0.396 e. The van der Waals surface area contributed by atoms with Crippen molar-refractivity contribution in [3.8, 4) is 0 Å². The van der Waals surface area contributed by atoms with Gasteiger partial charge in [-0.1, -0.05) is 6.92 Å². The summed E-state index contributed by atoms with van der Waals surface area (Å²) in [6.45, 7) is 5.16. The van der Waals surface area contributed by atoms with Gasteiger partial charge >= 0.3 is 0 Å². The Bertz CT molecular complexity index is 283. The second-order valence-corrected chi connectivity index (χ2v) is 3.64. The molecule has 0 aliphatic carbocycles. The van der Waals surface area contributed by atoms with Gasteiger partial charge < -0.3 is 5.11 Å². The SMILES string of the molecule is CCc1nn(CC)c(CCO)c1Br. The minimum atomic E-state index is 0.174. The molecule has 0 unspecified atom stereocenters. The van der Waals surface area contributed by atoms with Crippen molar-refractivity contribution in [1.29, 1.82) is 0 Å². The first-order chi connectivity index (χ1) is 6.24. The van der Waals surface area contributed by atoms with Gasteiger partial charge in [-0.25, -0.2) is 0 Å². The lowest BCUT2D eigenvalue weighted by atomic mass is 10.2. The normalized spacial score (nSPS) is 10.8. The molecule has 3 nitrogen and oxygen atoms in total. The van der Waals surface area contributed by atoms with Crippen molar-refractivity contribution in [2.45, 2.75) is 33.2 Å². The molecule has 1 aromatic heterocycles. The summed E-state index contributed by atoms with van der Waals surface area (Å²) in [5, 5.41) is 13.3. The van der Waals surface area contributed by atoms with Crippen LogP contribution < -0.4 is 0 Å². The molecule has 0 amide bonds. The summed E-state index contributed by atoms with van der Waals surface area (Å²) < 4.78 is 3.00. The van der Waals surface area contributed by atoms with Gasteiger partial charge in [-0.15, -0.1) is 0 Å². The number of aromatic nitrogens is 2. The van der Waals surface area contributed by atoms with Crippen molar-refractivity contribution in [2.75, 3.05) is 6.61 Å². The summed E-state index contributed by atoms with van der Waals surface area (Å²) in [5.41, 5.74) is 2.17. The molecule has 0 fully saturated rings. The molecule has 0 saturated heterocycles. The molecule has 0 atom stereocenters. The second-order valence-electron chi connectivity index (χ2n) is 2.85. The van der Waals surface area contributed by atoms with Gasteiger partial charge in [0.2, 0.25) is 0 Å². The predicted molar refractivity (Wildman–Crippen MR) is 55.8 cm³/mol. The van der Waals surface area contributed by atoms with E-state index in [1.165, 1.54) is 0 Å². The van der Waals surface area contributed by atoms with Crippen LogP contribution in [0.5, 0.6) is 0 Å². The predicted octanol–water partition coefficient (Wildman–Crippen LogP) is 1.76. The quantitative estimate of drug-likeness (QED) is 0.880. The van der Waals surface area contributed by atoms with E-state index in [2.05, 4.69) is 34.9 Å². The number of halogens is 1. The third-order valence-electron chi connectivity index (χ3n) is 2.04. The van der Waals surface area contributed by atoms with E-state index in [1.54, 1.807) is 0 Å². The summed E-state index contributed by atoms with van der Waals surface area (Å²) >= 11 is 3.51. The molecule has 0 aliphatic rings. The van der Waals surface area contributed by atoms with Gasteiger partial charge in [-0.2, -0.15) is 5.10 Å². The highest BCUT2D eigenvalue weighted by molar-refractivity contribution is 9.10. The average Bonchev–Trinajstić information content (AvgIpc) is 2.45. The van der Waals surface area contributed by atoms with E-state index < -0.39 is 0 Å². The number of rotatable bonds is 4. The van der Waals surface area contributed by atoms with Crippen LogP contribution in [0.1, 0.15) is 25.2 Å². The molecule has 0 radical (unpaired) electrons. The molecule has 0 spiro atoms. The van der Waals surface area contributed by atoms with Gasteiger partial charge in [0, 0.05) is 19.6 Å². The molecule has 0 bridgehead atoms. The molecule has 1 heterocycles. The van der Waals surface area contributed by atoms with Gasteiger partial charge in [-0.05, 0) is 29.3 Å². The van der Waals surface area contributed by atoms with E-state index in [9.17, 15) is 0 Å². The Morgan fingerprint density at radius 3 is 2.62 bits per heavy atom. The monoisotopic (exact) mass is 246 g/mol. The van der Waals surface area contributed by atoms with Crippen LogP contribution in [0, 0.1) is 0 Å². The number of aliphatic hydroxyl groups is 1. The molecule has 1 aromatic rings. The van der Waals surface area contributed by atoms with Crippen molar-refractivity contribution in [1.82, 2.24) is 9.78 Å². The summed E-state index contributed by atoms with van der Waals surface area (Å²) in [7, 11) is 0. The highest BCUT2D eigenvalue weighted by Crippen LogP contribution is 2.22. The number of hydrogen-bond acceptors (Lipinski definition) is 2. The van der Waals surface area contributed by atoms with E-state index in [0.29, 0.717) is 6.42 Å². The van der Waals surface area contributed by atoms with E-state index in [-0.39, 0.29) is 6.61 Å². The fraction of sp³-hybridized carbons (Fsp3) is 0.667. The molecule has 13 heavy (non-hydrogen) atoms. The van der Waals surface area contributed by atoms with E-state index in [4.69, 9.17) is 5.11 Å². The van der Waals surface area contributed by atoms with E-state index >= 15 is 0 Å². The zero-order valence-electron chi connectivity index (χ0n) is 8.05. The molecule has 0 aliphatic heterocycles. The Morgan fingerprint density at radius 1 is 1.46 bits per heavy atom. The number of hydrogen-bond donors (Lipinski definition) is 1. The van der Waals surface area contributed by atoms with Crippen LogP contribution in [-0.4, -0.2) is 21.5 Å². The van der Waals surface area contributed by atoms with Crippen molar-refractivity contribution < 1.29 is 5.11 Å². The lowest BCUT2D eigenvalue weighted by molar-refractivity contribution is 0.295. The Balaban J connectivity index is 3.05. The van der Waals surface area contributed by atoms with Crippen LogP contribution in [0.3, 0.4) is 0 Å². The maximum atomic E-state index is 8.88. The molecule has 1 rings (SSSR count). The van der Waals surface area contributed by atoms with Gasteiger partial charge in [0.05, 0.1) is 15.9 Å². The maximum absolute atomic E-state index is 8.88. The second kappa shape index (κ2) is 4.77. The maximum Gasteiger partial charge on any atom is 0.0766 e. The first-order valence-corrected chi connectivity index (χ1v) is 5.38. The van der Waals surface area contributed by atoms with Crippen LogP contribution in [0.2, 0.25) is 0 Å². The third kappa shape index (κ3) is 2.11. The van der Waals surface area contributed by atoms with Gasteiger partial charge in [0.1, 0.15) is 0 Å². The summed E-state index contributed by atoms with van der Waals surface area (Å²) in [6.07, 6.45) is 1.59. The number of aryl methyl sites for hydroxylation is 2. The minimum absolute atomic E-state index is 0.174. The largest absolute Gasteiger partial charge is 0.396 e. The highest BCUT2D eigenvalue weighted by atomic mass is 79.9. The van der Waals surface area contributed by atoms with Crippen LogP contribution in [0.4, 0.5) is 0 Å². The Kier molecular flexibility index (Phi) is 3.93. The van der Waals surface area contributed by atoms with Crippen LogP contribution >= 0.6 is 15.9 Å². The van der Waals surface area contributed by atoms with Gasteiger partial charge in [-0.3, -0.25) is 4.68 Å². The zero-order chi connectivity index (χ0) is 9.84. The topological polar surface area (TPSA) is 38.0 Å². The lowest BCUT2D eigenvalue weighted by Crippen LogP contribution is -2.04. The van der Waals surface area contributed by atoms with E-state index in [0.717, 1.165) is 28.8 Å². The number of aliphatic hydroxyl groups excluding tert-OH is 1. The molecule has 1 N–H and O–H groups in total. The number of nitrogens with zero attached hydrogens (tertiary/aromatic N) is 2. The first kappa shape index (κ1) is 10.7. The Labute approximate surface area is 86.9 Å². The fourth-order valence-electron chi connectivity index (χ4n) is 1.36. The Morgan fingerprint density at radius 2 is 2.15 bits per heavy atom. The zero-order valence-corrected chi connectivity index (χ0v) is 9.63. The average molecular weight is 247 g/mol. The molecule has 0 saturated carbocycles. The first-order valence-electron chi connectivity index (χ1n) is 4.59. The molecule has 4 heteroatoms. The smallest absolute Gasteiger partial charge is 0.0766 e. The summed E-state index contributed by atoms with van der Waals surface area (Å²) in [4.78, 5) is 0. The molecule has 0 aromatic carbocycles. The molecule has 74 valence electrons. The van der Waals surface area contributed by atoms with Gasteiger partial charge in [0.15, 0.2) is 0 Å². The molecular formula is C9H15BrN2O. The van der Waals surface area contributed by atoms with Gasteiger partial charge in [0.25, 0.3) is 0 Å². The van der Waals surface area contributed by atoms with Crippen molar-refractivity contribution in [3.63, 3.8) is 0 Å². The summed E-state index contributed by atoms with van der Waals surface area (Å²) in [5.74, 6) is 0. The van der Waals surface area contributed by atoms with Crippen LogP contribution in [0.25, 0.3) is 0 Å². The molecular weight excluding hydrogens is 232 g/mol. The van der Waals surface area contributed by atoms with Crippen LogP contribution in [-0.2, 0) is 19.4 Å². The fourth-order valence-corrected chi connectivity index (χ4v) is 2.12. The van der Waals surface area contributed by atoms with Crippen LogP contribution in [0.15, 0.2) is 4.47 Å². The third-order valence-corrected chi connectivity index (χ3v) is 2.96. The Hall–Kier alpha value is -0.350. The lowest BCUT2D eigenvalue weighted by Gasteiger charge is -2.02. The highest BCUT2D eigenvalue weighted by Gasteiger charge is 2.12. The standard InChI is InChI=1S/C9H15BrN2O/c1-3-7-9(10)8(5-6-13)12(4-2)11-7/h13H,3-6H2,1-2H3. The van der Waals surface area contributed by atoms with Crippen molar-refractivity contribution in [2.24, 2.45) is 0 Å². The van der Waals surface area contributed by atoms with Crippen molar-refractivity contribution in [3.05, 3.63) is 15.9 Å². The van der Waals surface area contributed by atoms with Crippen molar-refractivity contribution >= 4 is 15.9 Å². The summed E-state index contributed by atoms with van der Waals surface area (Å²) in [6, 6.07) is 0. The van der Waals surface area contributed by atoms with E-state index in [1.807, 2.05) is 4.68 Å².